The molecule has 0 aliphatic rings. The molecule has 0 aromatic heterocycles. The molecule has 0 aliphatic heterocycles. The van der Waals surface area contributed by atoms with E-state index in [1.54, 1.807) is 13.8 Å². The number of carbonyl (C=O) groups is 1. The van der Waals surface area contributed by atoms with Crippen molar-refractivity contribution < 1.29 is 13.6 Å². The average Bonchev–Trinajstić information content (AvgIpc) is 2.35. The second-order valence-electron chi connectivity index (χ2n) is 5.41. The zero-order valence-corrected chi connectivity index (χ0v) is 12.3. The highest BCUT2D eigenvalue weighted by atomic mass is 19.1. The van der Waals surface area contributed by atoms with Gasteiger partial charge in [-0.05, 0) is 25.8 Å². The molecule has 0 radical (unpaired) electrons. The molecule has 0 saturated carbocycles. The molecule has 2 atom stereocenters. The van der Waals surface area contributed by atoms with Gasteiger partial charge in [-0.25, -0.2) is 8.78 Å². The van der Waals surface area contributed by atoms with Crippen molar-refractivity contribution in [2.75, 3.05) is 6.54 Å². The molecular formula is C15H22F2N2O. The lowest BCUT2D eigenvalue weighted by atomic mass is 10.1. The zero-order chi connectivity index (χ0) is 15.3. The Morgan fingerprint density at radius 1 is 1.20 bits per heavy atom. The quantitative estimate of drug-likeness (QED) is 0.843. The topological polar surface area (TPSA) is 41.1 Å². The van der Waals surface area contributed by atoms with E-state index in [-0.39, 0.29) is 11.9 Å². The first-order chi connectivity index (χ1) is 9.31. The van der Waals surface area contributed by atoms with Crippen molar-refractivity contribution in [1.29, 1.82) is 0 Å². The normalized spacial score (nSPS) is 14.2. The summed E-state index contributed by atoms with van der Waals surface area (Å²) in [6, 6.07) is 2.61. The third kappa shape index (κ3) is 4.89. The summed E-state index contributed by atoms with van der Waals surface area (Å²) < 4.78 is 26.5. The van der Waals surface area contributed by atoms with E-state index in [2.05, 4.69) is 10.6 Å². The minimum absolute atomic E-state index is 0.131. The van der Waals surface area contributed by atoms with Gasteiger partial charge in [0, 0.05) is 24.2 Å². The van der Waals surface area contributed by atoms with E-state index in [0.29, 0.717) is 18.0 Å². The Morgan fingerprint density at radius 2 is 1.85 bits per heavy atom. The lowest BCUT2D eigenvalue weighted by Crippen LogP contribution is -2.44. The molecule has 0 spiro atoms. The Labute approximate surface area is 118 Å². The SMILES string of the molecule is CC(C)CNC(=O)[C@H](C)N[C@H](C)c1ccc(F)cc1F. The van der Waals surface area contributed by atoms with Crippen LogP contribution in [0.5, 0.6) is 0 Å². The van der Waals surface area contributed by atoms with Gasteiger partial charge in [0.05, 0.1) is 6.04 Å². The molecule has 1 amide bonds. The van der Waals surface area contributed by atoms with Crippen molar-refractivity contribution in [2.45, 2.75) is 39.8 Å². The first-order valence-electron chi connectivity index (χ1n) is 6.80. The van der Waals surface area contributed by atoms with Crippen molar-refractivity contribution >= 4 is 5.91 Å². The van der Waals surface area contributed by atoms with Crippen LogP contribution in [0.1, 0.15) is 39.3 Å². The average molecular weight is 284 g/mol. The van der Waals surface area contributed by atoms with Gasteiger partial charge in [-0.15, -0.1) is 0 Å². The van der Waals surface area contributed by atoms with E-state index < -0.39 is 17.7 Å². The highest BCUT2D eigenvalue weighted by Crippen LogP contribution is 2.18. The van der Waals surface area contributed by atoms with Gasteiger partial charge in [0.2, 0.25) is 5.91 Å². The number of amides is 1. The van der Waals surface area contributed by atoms with Crippen LogP contribution in [0.25, 0.3) is 0 Å². The van der Waals surface area contributed by atoms with Crippen LogP contribution in [0.2, 0.25) is 0 Å². The summed E-state index contributed by atoms with van der Waals surface area (Å²) in [5.41, 5.74) is 0.343. The van der Waals surface area contributed by atoms with Crippen molar-refractivity contribution in [1.82, 2.24) is 10.6 Å². The monoisotopic (exact) mass is 284 g/mol. The van der Waals surface area contributed by atoms with Crippen LogP contribution in [-0.4, -0.2) is 18.5 Å². The molecule has 0 aliphatic carbocycles. The van der Waals surface area contributed by atoms with Gasteiger partial charge in [0.1, 0.15) is 11.6 Å². The molecule has 0 heterocycles. The van der Waals surface area contributed by atoms with Gasteiger partial charge < -0.3 is 5.32 Å². The van der Waals surface area contributed by atoms with E-state index in [1.165, 1.54) is 12.1 Å². The fourth-order valence-electron chi connectivity index (χ4n) is 1.85. The Hall–Kier alpha value is -1.49. The molecule has 2 N–H and O–H groups in total. The molecule has 20 heavy (non-hydrogen) atoms. The molecule has 3 nitrogen and oxygen atoms in total. The highest BCUT2D eigenvalue weighted by molar-refractivity contribution is 5.81. The summed E-state index contributed by atoms with van der Waals surface area (Å²) in [6.07, 6.45) is 0. The standard InChI is InChI=1S/C15H22F2N2O/c1-9(2)8-18-15(20)11(4)19-10(3)13-6-5-12(16)7-14(13)17/h5-7,9-11,19H,8H2,1-4H3,(H,18,20)/t10-,11+/m1/s1. The van der Waals surface area contributed by atoms with Gasteiger partial charge in [0.25, 0.3) is 0 Å². The lowest BCUT2D eigenvalue weighted by molar-refractivity contribution is -0.123. The number of rotatable bonds is 6. The first-order valence-corrected chi connectivity index (χ1v) is 6.80. The fourth-order valence-corrected chi connectivity index (χ4v) is 1.85. The third-order valence-corrected chi connectivity index (χ3v) is 3.01. The van der Waals surface area contributed by atoms with E-state index in [4.69, 9.17) is 0 Å². The largest absolute Gasteiger partial charge is 0.354 e. The maximum atomic E-state index is 13.6. The Morgan fingerprint density at radius 3 is 2.40 bits per heavy atom. The molecule has 1 aromatic rings. The second kappa shape index (κ2) is 7.33. The molecule has 0 bridgehead atoms. The summed E-state index contributed by atoms with van der Waals surface area (Å²) in [4.78, 5) is 11.8. The maximum absolute atomic E-state index is 13.6. The number of benzene rings is 1. The lowest BCUT2D eigenvalue weighted by Gasteiger charge is -2.21. The van der Waals surface area contributed by atoms with Crippen molar-refractivity contribution in [3.8, 4) is 0 Å². The van der Waals surface area contributed by atoms with Crippen LogP contribution in [0.4, 0.5) is 8.78 Å². The molecule has 112 valence electrons. The molecule has 0 fully saturated rings. The van der Waals surface area contributed by atoms with Gasteiger partial charge in [-0.3, -0.25) is 10.1 Å². The summed E-state index contributed by atoms with van der Waals surface area (Å²) >= 11 is 0. The van der Waals surface area contributed by atoms with Gasteiger partial charge in [-0.1, -0.05) is 19.9 Å². The van der Waals surface area contributed by atoms with E-state index in [9.17, 15) is 13.6 Å². The Kier molecular flexibility index (Phi) is 6.07. The van der Waals surface area contributed by atoms with Crippen molar-refractivity contribution in [3.05, 3.63) is 35.4 Å². The van der Waals surface area contributed by atoms with Crippen LogP contribution >= 0.6 is 0 Å². The summed E-state index contributed by atoms with van der Waals surface area (Å²) in [6.45, 7) is 8.07. The Bertz CT molecular complexity index is 463. The smallest absolute Gasteiger partial charge is 0.236 e. The van der Waals surface area contributed by atoms with Crippen LogP contribution < -0.4 is 10.6 Å². The molecule has 1 rings (SSSR count). The van der Waals surface area contributed by atoms with E-state index >= 15 is 0 Å². The predicted octanol–water partition coefficient (Wildman–Crippen LogP) is 2.78. The molecule has 0 saturated heterocycles. The van der Waals surface area contributed by atoms with Crippen LogP contribution in [-0.2, 0) is 4.79 Å². The minimum atomic E-state index is -0.611. The summed E-state index contributed by atoms with van der Waals surface area (Å²) in [5, 5.41) is 5.81. The second-order valence-corrected chi connectivity index (χ2v) is 5.41. The highest BCUT2D eigenvalue weighted by Gasteiger charge is 2.18. The number of hydrogen-bond acceptors (Lipinski definition) is 2. The van der Waals surface area contributed by atoms with Crippen molar-refractivity contribution in [2.24, 2.45) is 5.92 Å². The number of nitrogens with one attached hydrogen (secondary N) is 2. The predicted molar refractivity (Wildman–Crippen MR) is 75.2 cm³/mol. The fraction of sp³-hybridized carbons (Fsp3) is 0.533. The van der Waals surface area contributed by atoms with Gasteiger partial charge >= 0.3 is 0 Å². The van der Waals surface area contributed by atoms with Crippen molar-refractivity contribution in [3.63, 3.8) is 0 Å². The van der Waals surface area contributed by atoms with Gasteiger partial charge in [0.15, 0.2) is 0 Å². The van der Waals surface area contributed by atoms with Gasteiger partial charge in [-0.2, -0.15) is 0 Å². The number of halogens is 2. The molecule has 5 heteroatoms. The number of carbonyl (C=O) groups excluding carboxylic acids is 1. The van der Waals surface area contributed by atoms with E-state index in [1.807, 2.05) is 13.8 Å². The summed E-state index contributed by atoms with van der Waals surface area (Å²) in [7, 11) is 0. The summed E-state index contributed by atoms with van der Waals surface area (Å²) in [5.74, 6) is -0.979. The molecule has 0 unspecified atom stereocenters. The van der Waals surface area contributed by atoms with E-state index in [0.717, 1.165) is 6.07 Å². The third-order valence-electron chi connectivity index (χ3n) is 3.01. The zero-order valence-electron chi connectivity index (χ0n) is 12.3. The molecule has 1 aromatic carbocycles. The molecular weight excluding hydrogens is 262 g/mol. The maximum Gasteiger partial charge on any atom is 0.236 e. The number of hydrogen-bond donors (Lipinski definition) is 2. The Balaban J connectivity index is 2.60. The van der Waals surface area contributed by atoms with Crippen LogP contribution in [0.15, 0.2) is 18.2 Å². The van der Waals surface area contributed by atoms with Crippen LogP contribution in [0.3, 0.4) is 0 Å². The minimum Gasteiger partial charge on any atom is -0.354 e. The van der Waals surface area contributed by atoms with Crippen LogP contribution in [0, 0.1) is 17.6 Å². The first kappa shape index (κ1) is 16.6.